The van der Waals surface area contributed by atoms with Crippen molar-refractivity contribution in [3.63, 3.8) is 0 Å². The Morgan fingerprint density at radius 2 is 1.75 bits per heavy atom. The van der Waals surface area contributed by atoms with Gasteiger partial charge >= 0.3 is 0 Å². The SMILES string of the molecule is CCCCCCNC(=NC)NCc1ccc(N2CC=CC2)cc1.I. The van der Waals surface area contributed by atoms with Gasteiger partial charge in [0.2, 0.25) is 0 Å². The molecule has 0 unspecified atom stereocenters. The third-order valence-electron chi connectivity index (χ3n) is 4.13. The van der Waals surface area contributed by atoms with Gasteiger partial charge in [-0.05, 0) is 24.1 Å². The van der Waals surface area contributed by atoms with Gasteiger partial charge in [-0.1, -0.05) is 50.5 Å². The van der Waals surface area contributed by atoms with E-state index in [2.05, 4.69) is 63.9 Å². The van der Waals surface area contributed by atoms with Crippen molar-refractivity contribution in [2.75, 3.05) is 31.6 Å². The Balaban J connectivity index is 0.00000288. The van der Waals surface area contributed by atoms with E-state index in [1.165, 1.54) is 36.9 Å². The van der Waals surface area contributed by atoms with Crippen molar-refractivity contribution < 1.29 is 0 Å². The zero-order chi connectivity index (χ0) is 16.3. The van der Waals surface area contributed by atoms with Gasteiger partial charge in [0.05, 0.1) is 0 Å². The lowest BCUT2D eigenvalue weighted by molar-refractivity contribution is 0.647. The summed E-state index contributed by atoms with van der Waals surface area (Å²) >= 11 is 0. The van der Waals surface area contributed by atoms with Crippen LogP contribution in [0.25, 0.3) is 0 Å². The summed E-state index contributed by atoms with van der Waals surface area (Å²) in [5.41, 5.74) is 2.56. The fourth-order valence-corrected chi connectivity index (χ4v) is 2.68. The van der Waals surface area contributed by atoms with E-state index < -0.39 is 0 Å². The maximum atomic E-state index is 4.28. The highest BCUT2D eigenvalue weighted by Crippen LogP contribution is 2.17. The Morgan fingerprint density at radius 3 is 2.38 bits per heavy atom. The van der Waals surface area contributed by atoms with E-state index in [9.17, 15) is 0 Å². The summed E-state index contributed by atoms with van der Waals surface area (Å²) in [7, 11) is 1.82. The molecule has 0 atom stereocenters. The molecule has 2 rings (SSSR count). The first-order valence-corrected chi connectivity index (χ1v) is 8.77. The van der Waals surface area contributed by atoms with E-state index in [-0.39, 0.29) is 24.0 Å². The van der Waals surface area contributed by atoms with Crippen LogP contribution in [0.3, 0.4) is 0 Å². The lowest BCUT2D eigenvalue weighted by Gasteiger charge is -2.18. The van der Waals surface area contributed by atoms with Crippen LogP contribution in [0.1, 0.15) is 38.2 Å². The van der Waals surface area contributed by atoms with Crippen LogP contribution in [-0.2, 0) is 6.54 Å². The first-order valence-electron chi connectivity index (χ1n) is 8.77. The second-order valence-electron chi connectivity index (χ2n) is 5.96. The molecule has 4 nitrogen and oxygen atoms in total. The molecule has 0 saturated heterocycles. The molecule has 24 heavy (non-hydrogen) atoms. The van der Waals surface area contributed by atoms with Gasteiger partial charge in [-0.25, -0.2) is 0 Å². The smallest absolute Gasteiger partial charge is 0.191 e. The number of halogens is 1. The van der Waals surface area contributed by atoms with Crippen LogP contribution >= 0.6 is 24.0 Å². The first-order chi connectivity index (χ1) is 11.3. The molecule has 0 amide bonds. The summed E-state index contributed by atoms with van der Waals surface area (Å²) in [6.07, 6.45) is 9.50. The van der Waals surface area contributed by atoms with E-state index in [1.807, 2.05) is 7.05 Å². The minimum Gasteiger partial charge on any atom is -0.364 e. The Labute approximate surface area is 163 Å². The molecule has 0 fully saturated rings. The van der Waals surface area contributed by atoms with E-state index in [0.29, 0.717) is 0 Å². The third-order valence-corrected chi connectivity index (χ3v) is 4.13. The molecule has 0 spiro atoms. The number of unbranched alkanes of at least 4 members (excludes halogenated alkanes) is 3. The second-order valence-corrected chi connectivity index (χ2v) is 5.96. The maximum Gasteiger partial charge on any atom is 0.191 e. The molecule has 1 aromatic rings. The maximum absolute atomic E-state index is 4.28. The summed E-state index contributed by atoms with van der Waals surface area (Å²) in [4.78, 5) is 6.63. The molecule has 5 heteroatoms. The van der Waals surface area contributed by atoms with Crippen molar-refractivity contribution in [2.24, 2.45) is 4.99 Å². The van der Waals surface area contributed by atoms with Crippen molar-refractivity contribution in [3.05, 3.63) is 42.0 Å². The van der Waals surface area contributed by atoms with Gasteiger partial charge in [-0.15, -0.1) is 24.0 Å². The zero-order valence-electron chi connectivity index (χ0n) is 14.9. The van der Waals surface area contributed by atoms with Gasteiger partial charge in [0, 0.05) is 38.9 Å². The molecular weight excluding hydrogens is 411 g/mol. The normalized spacial score (nSPS) is 13.8. The van der Waals surface area contributed by atoms with Gasteiger partial charge in [0.1, 0.15) is 0 Å². The quantitative estimate of drug-likeness (QED) is 0.211. The number of nitrogens with zero attached hydrogens (tertiary/aromatic N) is 2. The minimum atomic E-state index is 0. The highest BCUT2D eigenvalue weighted by molar-refractivity contribution is 14.0. The highest BCUT2D eigenvalue weighted by atomic mass is 127. The molecule has 1 aliphatic rings. The number of aliphatic imine (C=N–C) groups is 1. The second kappa shape index (κ2) is 12.2. The zero-order valence-corrected chi connectivity index (χ0v) is 17.3. The van der Waals surface area contributed by atoms with Crippen LogP contribution in [0, 0.1) is 0 Å². The van der Waals surface area contributed by atoms with Crippen LogP contribution in [-0.4, -0.2) is 32.6 Å². The van der Waals surface area contributed by atoms with Crippen LogP contribution in [0.5, 0.6) is 0 Å². The van der Waals surface area contributed by atoms with Crippen molar-refractivity contribution >= 4 is 35.6 Å². The average Bonchev–Trinajstić information content (AvgIpc) is 3.12. The molecule has 1 aliphatic heterocycles. The number of rotatable bonds is 8. The van der Waals surface area contributed by atoms with Gasteiger partial charge < -0.3 is 15.5 Å². The van der Waals surface area contributed by atoms with E-state index in [4.69, 9.17) is 0 Å². The number of guanidine groups is 1. The number of anilines is 1. The number of hydrogen-bond acceptors (Lipinski definition) is 2. The third kappa shape index (κ3) is 7.11. The van der Waals surface area contributed by atoms with Gasteiger partial charge in [0.25, 0.3) is 0 Å². The lowest BCUT2D eigenvalue weighted by Crippen LogP contribution is -2.37. The van der Waals surface area contributed by atoms with Crippen LogP contribution in [0.2, 0.25) is 0 Å². The summed E-state index contributed by atoms with van der Waals surface area (Å²) in [5.74, 6) is 0.884. The van der Waals surface area contributed by atoms with Gasteiger partial charge in [-0.2, -0.15) is 0 Å². The summed E-state index contributed by atoms with van der Waals surface area (Å²) < 4.78 is 0. The lowest BCUT2D eigenvalue weighted by atomic mass is 10.2. The summed E-state index contributed by atoms with van der Waals surface area (Å²) in [5, 5.41) is 6.76. The number of hydrogen-bond donors (Lipinski definition) is 2. The summed E-state index contributed by atoms with van der Waals surface area (Å²) in [6.45, 7) is 6.06. The first kappa shape index (κ1) is 20.8. The molecular formula is C19H31IN4. The fourth-order valence-electron chi connectivity index (χ4n) is 2.68. The predicted octanol–water partition coefficient (Wildman–Crippen LogP) is 3.93. The Kier molecular flexibility index (Phi) is 10.5. The average molecular weight is 442 g/mol. The topological polar surface area (TPSA) is 39.7 Å². The summed E-state index contributed by atoms with van der Waals surface area (Å²) in [6, 6.07) is 8.78. The van der Waals surface area contributed by atoms with Crippen LogP contribution < -0.4 is 15.5 Å². The van der Waals surface area contributed by atoms with E-state index >= 15 is 0 Å². The molecule has 0 aliphatic carbocycles. The van der Waals surface area contributed by atoms with Gasteiger partial charge in [-0.3, -0.25) is 4.99 Å². The molecule has 0 saturated carbocycles. The molecule has 0 radical (unpaired) electrons. The van der Waals surface area contributed by atoms with Crippen LogP contribution in [0.15, 0.2) is 41.4 Å². The molecule has 134 valence electrons. The molecule has 1 aromatic carbocycles. The fraction of sp³-hybridized carbons (Fsp3) is 0.526. The number of benzene rings is 1. The largest absolute Gasteiger partial charge is 0.364 e. The number of nitrogens with one attached hydrogen (secondary N) is 2. The Morgan fingerprint density at radius 1 is 1.04 bits per heavy atom. The minimum absolute atomic E-state index is 0. The monoisotopic (exact) mass is 442 g/mol. The van der Waals surface area contributed by atoms with E-state index in [1.54, 1.807) is 0 Å². The van der Waals surface area contributed by atoms with Crippen molar-refractivity contribution in [2.45, 2.75) is 39.2 Å². The van der Waals surface area contributed by atoms with Crippen molar-refractivity contribution in [1.29, 1.82) is 0 Å². The standard InChI is InChI=1S/C19H30N4.HI/c1-3-4-5-6-13-21-19(20-2)22-16-17-9-11-18(12-10-17)23-14-7-8-15-23;/h7-12H,3-6,13-16H2,1-2H3,(H2,20,21,22);1H. The molecule has 2 N–H and O–H groups in total. The van der Waals surface area contributed by atoms with Gasteiger partial charge in [0.15, 0.2) is 5.96 Å². The van der Waals surface area contributed by atoms with E-state index in [0.717, 1.165) is 32.1 Å². The molecule has 1 heterocycles. The molecule has 0 aromatic heterocycles. The Hall–Kier alpha value is -1.24. The van der Waals surface area contributed by atoms with Crippen LogP contribution in [0.4, 0.5) is 5.69 Å². The highest BCUT2D eigenvalue weighted by Gasteiger charge is 2.07. The molecule has 0 bridgehead atoms. The Bertz CT molecular complexity index is 503. The van der Waals surface area contributed by atoms with Crippen molar-refractivity contribution in [1.82, 2.24) is 10.6 Å². The predicted molar refractivity (Wildman–Crippen MR) is 116 cm³/mol. The van der Waals surface area contributed by atoms with Crippen molar-refractivity contribution in [3.8, 4) is 0 Å².